The normalized spacial score (nSPS) is 28.9. The van der Waals surface area contributed by atoms with Gasteiger partial charge in [-0.05, 0) is 31.3 Å². The molecule has 0 aromatic heterocycles. The summed E-state index contributed by atoms with van der Waals surface area (Å²) < 4.78 is 0. The van der Waals surface area contributed by atoms with E-state index >= 15 is 0 Å². The SMILES string of the molecule is C/C(CCl)=C1/CCC(C)CC1=O. The Hall–Kier alpha value is -0.300. The van der Waals surface area contributed by atoms with Crippen LogP contribution in [0.1, 0.15) is 33.1 Å². The Bertz CT molecular complexity index is 218. The van der Waals surface area contributed by atoms with Gasteiger partial charge in [0, 0.05) is 12.3 Å². The Labute approximate surface area is 78.8 Å². The fraction of sp³-hybridized carbons (Fsp3) is 0.700. The van der Waals surface area contributed by atoms with Crippen molar-refractivity contribution in [2.45, 2.75) is 33.1 Å². The van der Waals surface area contributed by atoms with Crippen molar-refractivity contribution in [2.75, 3.05) is 5.88 Å². The number of carbonyl (C=O) groups is 1. The highest BCUT2D eigenvalue weighted by atomic mass is 35.5. The van der Waals surface area contributed by atoms with Crippen molar-refractivity contribution >= 4 is 17.4 Å². The minimum absolute atomic E-state index is 0.312. The second-order valence-electron chi connectivity index (χ2n) is 3.66. The average molecular weight is 187 g/mol. The van der Waals surface area contributed by atoms with Crippen LogP contribution in [0.4, 0.5) is 0 Å². The third kappa shape index (κ3) is 2.10. The van der Waals surface area contributed by atoms with Crippen LogP contribution in [0.5, 0.6) is 0 Å². The molecule has 1 aliphatic rings. The van der Waals surface area contributed by atoms with E-state index in [1.807, 2.05) is 6.92 Å². The van der Waals surface area contributed by atoms with E-state index in [1.165, 1.54) is 0 Å². The second kappa shape index (κ2) is 4.08. The first-order chi connectivity index (χ1) is 5.65. The topological polar surface area (TPSA) is 17.1 Å². The Morgan fingerprint density at radius 2 is 2.33 bits per heavy atom. The fourth-order valence-electron chi connectivity index (χ4n) is 1.60. The average Bonchev–Trinajstić information content (AvgIpc) is 2.03. The molecule has 0 heterocycles. The van der Waals surface area contributed by atoms with Crippen molar-refractivity contribution < 1.29 is 4.79 Å². The molecule has 0 radical (unpaired) electrons. The van der Waals surface area contributed by atoms with Crippen molar-refractivity contribution in [3.63, 3.8) is 0 Å². The molecule has 0 spiro atoms. The highest BCUT2D eigenvalue weighted by molar-refractivity contribution is 6.20. The van der Waals surface area contributed by atoms with Gasteiger partial charge in [-0.15, -0.1) is 11.6 Å². The molecule has 1 rings (SSSR count). The molecule has 0 aromatic carbocycles. The molecule has 0 N–H and O–H groups in total. The standard InChI is InChI=1S/C10H15ClO/c1-7-3-4-9(8(2)6-11)10(12)5-7/h7H,3-6H2,1-2H3/b9-8+. The third-order valence-electron chi connectivity index (χ3n) is 2.47. The summed E-state index contributed by atoms with van der Waals surface area (Å²) in [4.78, 5) is 11.5. The minimum atomic E-state index is 0.312. The van der Waals surface area contributed by atoms with E-state index in [-0.39, 0.29) is 0 Å². The van der Waals surface area contributed by atoms with Crippen molar-refractivity contribution in [3.05, 3.63) is 11.1 Å². The van der Waals surface area contributed by atoms with Crippen molar-refractivity contribution in [3.8, 4) is 0 Å². The van der Waals surface area contributed by atoms with Crippen LogP contribution in [0.2, 0.25) is 0 Å². The summed E-state index contributed by atoms with van der Waals surface area (Å²) in [5.74, 6) is 1.37. The van der Waals surface area contributed by atoms with Gasteiger partial charge in [0.1, 0.15) is 0 Å². The summed E-state index contributed by atoms with van der Waals surface area (Å²) in [7, 11) is 0. The first kappa shape index (κ1) is 9.79. The molecular weight excluding hydrogens is 172 g/mol. The van der Waals surface area contributed by atoms with Crippen LogP contribution in [0.25, 0.3) is 0 Å². The largest absolute Gasteiger partial charge is 0.295 e. The lowest BCUT2D eigenvalue weighted by Gasteiger charge is -2.20. The number of ketones is 1. The first-order valence-corrected chi connectivity index (χ1v) is 4.96. The molecule has 1 fully saturated rings. The Morgan fingerprint density at radius 3 is 2.83 bits per heavy atom. The van der Waals surface area contributed by atoms with Gasteiger partial charge in [-0.2, -0.15) is 0 Å². The van der Waals surface area contributed by atoms with Crippen molar-refractivity contribution in [1.82, 2.24) is 0 Å². The van der Waals surface area contributed by atoms with Crippen LogP contribution in [0.3, 0.4) is 0 Å². The van der Waals surface area contributed by atoms with Gasteiger partial charge in [-0.25, -0.2) is 0 Å². The van der Waals surface area contributed by atoms with E-state index in [2.05, 4.69) is 6.92 Å². The molecule has 1 nitrogen and oxygen atoms in total. The molecule has 1 atom stereocenters. The van der Waals surface area contributed by atoms with Gasteiger partial charge in [-0.1, -0.05) is 12.5 Å². The van der Waals surface area contributed by atoms with Gasteiger partial charge in [0.2, 0.25) is 0 Å². The van der Waals surface area contributed by atoms with E-state index in [9.17, 15) is 4.79 Å². The van der Waals surface area contributed by atoms with E-state index < -0.39 is 0 Å². The quantitative estimate of drug-likeness (QED) is 0.455. The summed E-state index contributed by atoms with van der Waals surface area (Å²) in [6.45, 7) is 4.08. The Balaban J connectivity index is 2.75. The minimum Gasteiger partial charge on any atom is -0.295 e. The number of allylic oxidation sites excluding steroid dienone is 2. The molecule has 12 heavy (non-hydrogen) atoms. The summed E-state index contributed by atoms with van der Waals surface area (Å²) in [6, 6.07) is 0. The van der Waals surface area contributed by atoms with E-state index in [1.54, 1.807) is 0 Å². The van der Waals surface area contributed by atoms with Crippen molar-refractivity contribution in [1.29, 1.82) is 0 Å². The molecule has 0 saturated heterocycles. The van der Waals surface area contributed by atoms with Crippen LogP contribution in [0.15, 0.2) is 11.1 Å². The molecular formula is C10H15ClO. The second-order valence-corrected chi connectivity index (χ2v) is 3.93. The highest BCUT2D eigenvalue weighted by Gasteiger charge is 2.21. The summed E-state index contributed by atoms with van der Waals surface area (Å²) >= 11 is 5.68. The molecule has 1 aliphatic carbocycles. The Morgan fingerprint density at radius 1 is 1.67 bits per heavy atom. The smallest absolute Gasteiger partial charge is 0.159 e. The molecule has 1 saturated carbocycles. The predicted octanol–water partition coefficient (Wildman–Crippen LogP) is 2.93. The molecule has 0 bridgehead atoms. The maximum absolute atomic E-state index is 11.5. The summed E-state index contributed by atoms with van der Waals surface area (Å²) in [5, 5.41) is 0. The zero-order chi connectivity index (χ0) is 9.14. The zero-order valence-electron chi connectivity index (χ0n) is 7.69. The number of hydrogen-bond donors (Lipinski definition) is 0. The number of Topliss-reactive ketones (excluding diaryl/α,β-unsaturated/α-hetero) is 1. The lowest BCUT2D eigenvalue weighted by Crippen LogP contribution is -2.17. The first-order valence-electron chi connectivity index (χ1n) is 4.43. The number of alkyl halides is 1. The highest BCUT2D eigenvalue weighted by Crippen LogP contribution is 2.27. The number of hydrogen-bond acceptors (Lipinski definition) is 1. The summed E-state index contributed by atoms with van der Waals surface area (Å²) in [5.41, 5.74) is 2.05. The van der Waals surface area contributed by atoms with Crippen LogP contribution < -0.4 is 0 Å². The molecule has 0 amide bonds. The fourth-order valence-corrected chi connectivity index (χ4v) is 1.77. The van der Waals surface area contributed by atoms with Crippen molar-refractivity contribution in [2.24, 2.45) is 5.92 Å². The van der Waals surface area contributed by atoms with E-state index in [4.69, 9.17) is 11.6 Å². The van der Waals surface area contributed by atoms with Crippen LogP contribution >= 0.6 is 11.6 Å². The van der Waals surface area contributed by atoms with Gasteiger partial charge >= 0.3 is 0 Å². The lowest BCUT2D eigenvalue weighted by atomic mass is 9.84. The van der Waals surface area contributed by atoms with Gasteiger partial charge in [0.05, 0.1) is 0 Å². The van der Waals surface area contributed by atoms with Gasteiger partial charge < -0.3 is 0 Å². The lowest BCUT2D eigenvalue weighted by molar-refractivity contribution is -0.117. The predicted molar refractivity (Wildman–Crippen MR) is 51.4 cm³/mol. The summed E-state index contributed by atoms with van der Waals surface area (Å²) in [6.07, 6.45) is 2.78. The van der Waals surface area contributed by atoms with Gasteiger partial charge in [0.25, 0.3) is 0 Å². The number of rotatable bonds is 1. The Kier molecular flexibility index (Phi) is 3.33. The van der Waals surface area contributed by atoms with E-state index in [0.717, 1.165) is 24.0 Å². The van der Waals surface area contributed by atoms with E-state index in [0.29, 0.717) is 24.0 Å². The van der Waals surface area contributed by atoms with Crippen LogP contribution in [-0.2, 0) is 4.79 Å². The zero-order valence-corrected chi connectivity index (χ0v) is 8.45. The maximum Gasteiger partial charge on any atom is 0.159 e. The number of carbonyl (C=O) groups excluding carboxylic acids is 1. The molecule has 68 valence electrons. The number of halogens is 1. The van der Waals surface area contributed by atoms with Crippen LogP contribution in [-0.4, -0.2) is 11.7 Å². The molecule has 0 aliphatic heterocycles. The third-order valence-corrected chi connectivity index (χ3v) is 2.87. The van der Waals surface area contributed by atoms with Gasteiger partial charge in [-0.3, -0.25) is 4.79 Å². The molecule has 1 unspecified atom stereocenters. The molecule has 0 aromatic rings. The maximum atomic E-state index is 11.5. The molecule has 2 heteroatoms. The monoisotopic (exact) mass is 186 g/mol. The van der Waals surface area contributed by atoms with Gasteiger partial charge in [0.15, 0.2) is 5.78 Å². The van der Waals surface area contributed by atoms with Crippen LogP contribution in [0, 0.1) is 5.92 Å².